The molecule has 0 spiro atoms. The van der Waals surface area contributed by atoms with Gasteiger partial charge in [0, 0.05) is 25.9 Å². The van der Waals surface area contributed by atoms with Crippen molar-refractivity contribution in [1.82, 2.24) is 14.5 Å². The first-order chi connectivity index (χ1) is 17.8. The van der Waals surface area contributed by atoms with Crippen molar-refractivity contribution in [1.29, 1.82) is 0 Å². The van der Waals surface area contributed by atoms with E-state index in [1.54, 1.807) is 31.2 Å². The third-order valence-corrected chi connectivity index (χ3v) is 6.87. The Hall–Kier alpha value is -2.40. The van der Waals surface area contributed by atoms with E-state index in [0.29, 0.717) is 37.2 Å². The van der Waals surface area contributed by atoms with Crippen LogP contribution in [-0.4, -0.2) is 115 Å². The molecule has 3 heterocycles. The van der Waals surface area contributed by atoms with Gasteiger partial charge in [-0.15, -0.1) is 0 Å². The number of fused-ring (bicyclic) bond motifs is 3. The monoisotopic (exact) mass is 549 g/mol. The fraction of sp³-hybridized carbons (Fsp3) is 0.286. The van der Waals surface area contributed by atoms with Crippen LogP contribution in [0, 0.1) is 0 Å². The number of aryl methyl sites for hydroxylation is 1. The summed E-state index contributed by atoms with van der Waals surface area (Å²) < 4.78 is 7.02. The van der Waals surface area contributed by atoms with Gasteiger partial charge in [-0.05, 0) is 29.7 Å². The van der Waals surface area contributed by atoms with Crippen LogP contribution in [-0.2, 0) is 33.7 Å². The number of carbonyl (C=O) groups excluding carboxylic acids is 2. The molecule has 0 fully saturated rings. The molecule has 11 heteroatoms. The van der Waals surface area contributed by atoms with Crippen molar-refractivity contribution < 1.29 is 29.3 Å². The number of aromatic nitrogens is 2. The molecule has 1 amide bonds. The second kappa shape index (κ2) is 12.8. The second-order valence-corrected chi connectivity index (χ2v) is 8.98. The fourth-order valence-electron chi connectivity index (χ4n) is 5.18. The van der Waals surface area contributed by atoms with Crippen LogP contribution in [0.15, 0.2) is 59.9 Å². The van der Waals surface area contributed by atoms with Gasteiger partial charge in [-0.1, -0.05) is 49.4 Å². The molecule has 9 nitrogen and oxygen atoms in total. The van der Waals surface area contributed by atoms with Crippen molar-refractivity contribution >= 4 is 77.0 Å². The maximum absolute atomic E-state index is 13.0. The zero-order valence-electron chi connectivity index (χ0n) is 20.6. The van der Waals surface area contributed by atoms with Crippen molar-refractivity contribution in [2.45, 2.75) is 39.3 Å². The van der Waals surface area contributed by atoms with Gasteiger partial charge in [0.15, 0.2) is 5.57 Å². The number of hydrogen-bond acceptors (Lipinski definition) is 6. The Morgan fingerprint density at radius 1 is 1.08 bits per heavy atom. The van der Waals surface area contributed by atoms with Gasteiger partial charge in [-0.3, -0.25) is 4.79 Å². The molecular formula is C28H29N3Na2O6. The van der Waals surface area contributed by atoms with Crippen molar-refractivity contribution in [2.24, 2.45) is 0 Å². The van der Waals surface area contributed by atoms with Gasteiger partial charge < -0.3 is 24.4 Å². The summed E-state index contributed by atoms with van der Waals surface area (Å²) in [6.45, 7) is 4.53. The Balaban J connectivity index is 0.00000210. The summed E-state index contributed by atoms with van der Waals surface area (Å²) in [6, 6.07) is 13.7. The molecule has 0 aliphatic carbocycles. The summed E-state index contributed by atoms with van der Waals surface area (Å²) >= 11 is 0. The van der Waals surface area contributed by atoms with Gasteiger partial charge in [-0.2, -0.15) is 0 Å². The summed E-state index contributed by atoms with van der Waals surface area (Å²) in [6.07, 6.45) is 1.17. The Bertz CT molecular complexity index is 1450. The molecule has 1 unspecified atom stereocenters. The molecule has 1 aromatic heterocycles. The number of carboxylic acids is 1. The van der Waals surface area contributed by atoms with E-state index in [1.807, 2.05) is 35.8 Å². The van der Waals surface area contributed by atoms with Gasteiger partial charge in [0.2, 0.25) is 0 Å². The standard InChI is InChI=1S/C28H27N3O6.2Na.2H/c1-3-21-29-20-13-14-30-24(25(32)22(26(30)33)28(36)37-4-2)23(20)31(21)15-16-9-11-17(12-10-16)18-7-5-6-8-19(18)27(34)35;;;;/h5-12,24,32H,3-4,13-15H2,1-2H3,(H,34,35);;;;. The Labute approximate surface area is 270 Å². The Kier molecular flexibility index (Phi) is 10.3. The number of carbonyl (C=O) groups is 3. The van der Waals surface area contributed by atoms with E-state index in [1.165, 1.54) is 4.90 Å². The molecule has 2 aliphatic rings. The molecule has 1 atom stereocenters. The number of nitrogens with zero attached hydrogens (tertiary/aromatic N) is 3. The van der Waals surface area contributed by atoms with Crippen molar-refractivity contribution in [2.75, 3.05) is 13.2 Å². The van der Waals surface area contributed by atoms with E-state index in [2.05, 4.69) is 0 Å². The van der Waals surface area contributed by atoms with Crippen LogP contribution in [0.5, 0.6) is 0 Å². The molecule has 0 radical (unpaired) electrons. The van der Waals surface area contributed by atoms with E-state index < -0.39 is 23.9 Å². The third kappa shape index (κ3) is 5.62. The maximum atomic E-state index is 13.0. The summed E-state index contributed by atoms with van der Waals surface area (Å²) in [4.78, 5) is 43.4. The Morgan fingerprint density at radius 3 is 2.41 bits per heavy atom. The van der Waals surface area contributed by atoms with Gasteiger partial charge in [0.25, 0.3) is 5.91 Å². The molecule has 2 aliphatic heterocycles. The zero-order chi connectivity index (χ0) is 26.3. The molecular weight excluding hydrogens is 520 g/mol. The van der Waals surface area contributed by atoms with Gasteiger partial charge in [0.1, 0.15) is 17.6 Å². The van der Waals surface area contributed by atoms with Crippen molar-refractivity contribution in [3.05, 3.63) is 88.2 Å². The SMILES string of the molecule is CCOC(=O)C1=C(O)C2c3c(nc(CC)n3Cc3ccc(-c4ccccc4C(=O)O)cc3)CCN2C1=O.[NaH].[NaH]. The van der Waals surface area contributed by atoms with Gasteiger partial charge >= 0.3 is 71.1 Å². The molecule has 3 aromatic rings. The number of aliphatic hydroxyl groups excluding tert-OH is 1. The number of aromatic carboxylic acids is 1. The number of rotatable bonds is 7. The van der Waals surface area contributed by atoms with Crippen LogP contribution < -0.4 is 0 Å². The first-order valence-corrected chi connectivity index (χ1v) is 12.3. The molecule has 0 bridgehead atoms. The van der Waals surface area contributed by atoms with Crippen molar-refractivity contribution in [3.63, 3.8) is 0 Å². The summed E-state index contributed by atoms with van der Waals surface area (Å²) in [5.41, 5.74) is 3.80. The van der Waals surface area contributed by atoms with E-state index in [9.17, 15) is 24.6 Å². The summed E-state index contributed by atoms with van der Waals surface area (Å²) in [5.74, 6) is -1.81. The predicted molar refractivity (Wildman–Crippen MR) is 148 cm³/mol. The minimum atomic E-state index is -0.983. The quantitative estimate of drug-likeness (QED) is 0.264. The number of ether oxygens (including phenoxy) is 1. The molecule has 194 valence electrons. The van der Waals surface area contributed by atoms with Crippen LogP contribution in [0.25, 0.3) is 11.1 Å². The second-order valence-electron chi connectivity index (χ2n) is 8.98. The number of hydrogen-bond donors (Lipinski definition) is 2. The van der Waals surface area contributed by atoms with Crippen LogP contribution >= 0.6 is 0 Å². The number of aliphatic hydroxyl groups is 1. The normalized spacial score (nSPS) is 15.7. The predicted octanol–water partition coefficient (Wildman–Crippen LogP) is 2.38. The molecule has 5 rings (SSSR count). The Morgan fingerprint density at radius 2 is 1.77 bits per heavy atom. The average molecular weight is 550 g/mol. The number of benzene rings is 2. The van der Waals surface area contributed by atoms with E-state index in [-0.39, 0.29) is 82.6 Å². The molecule has 2 N–H and O–H groups in total. The van der Waals surface area contributed by atoms with Crippen LogP contribution in [0.3, 0.4) is 0 Å². The topological polar surface area (TPSA) is 122 Å². The van der Waals surface area contributed by atoms with E-state index >= 15 is 0 Å². The van der Waals surface area contributed by atoms with Crippen LogP contribution in [0.1, 0.15) is 53.0 Å². The van der Waals surface area contributed by atoms with E-state index in [4.69, 9.17) is 9.72 Å². The van der Waals surface area contributed by atoms with Gasteiger partial charge in [-0.25, -0.2) is 14.6 Å². The molecule has 2 aromatic carbocycles. The molecule has 39 heavy (non-hydrogen) atoms. The van der Waals surface area contributed by atoms with Crippen molar-refractivity contribution in [3.8, 4) is 11.1 Å². The first-order valence-electron chi connectivity index (χ1n) is 12.3. The van der Waals surface area contributed by atoms with Crippen LogP contribution in [0.4, 0.5) is 0 Å². The number of esters is 1. The summed E-state index contributed by atoms with van der Waals surface area (Å²) in [5, 5.41) is 20.6. The number of amides is 1. The fourth-order valence-corrected chi connectivity index (χ4v) is 5.18. The average Bonchev–Trinajstić information content (AvgIpc) is 3.38. The van der Waals surface area contributed by atoms with Crippen LogP contribution in [0.2, 0.25) is 0 Å². The van der Waals surface area contributed by atoms with E-state index in [0.717, 1.165) is 22.6 Å². The molecule has 0 saturated carbocycles. The third-order valence-electron chi connectivity index (χ3n) is 6.87. The first kappa shape index (κ1) is 31.1. The van der Waals surface area contributed by atoms with Gasteiger partial charge in [0.05, 0.1) is 23.6 Å². The summed E-state index contributed by atoms with van der Waals surface area (Å²) in [7, 11) is 0. The minimum absolute atomic E-state index is 0. The zero-order valence-corrected chi connectivity index (χ0v) is 20.6. The number of imidazole rings is 1. The molecule has 0 saturated heterocycles. The number of carboxylic acid groups (broad SMARTS) is 1.